The SMILES string of the molecule is CCCCN1C(=S)N[C@@H](c2ccccn2)[C@@H]1c1ccc(C)n1C. The number of thiocarbonyl (C=S) groups is 1. The zero-order valence-electron chi connectivity index (χ0n) is 14.0. The molecule has 4 nitrogen and oxygen atoms in total. The molecule has 1 N–H and O–H groups in total. The zero-order chi connectivity index (χ0) is 16.4. The number of rotatable bonds is 5. The van der Waals surface area contributed by atoms with Crippen LogP contribution in [0.2, 0.25) is 0 Å². The van der Waals surface area contributed by atoms with Gasteiger partial charge in [0.05, 0.1) is 17.8 Å². The molecule has 0 bridgehead atoms. The van der Waals surface area contributed by atoms with E-state index >= 15 is 0 Å². The Hall–Kier alpha value is -1.88. The van der Waals surface area contributed by atoms with E-state index < -0.39 is 0 Å². The van der Waals surface area contributed by atoms with Crippen LogP contribution in [0, 0.1) is 6.92 Å². The molecule has 0 aliphatic carbocycles. The molecule has 0 unspecified atom stereocenters. The third-order valence-electron chi connectivity index (χ3n) is 4.67. The zero-order valence-corrected chi connectivity index (χ0v) is 14.8. The maximum Gasteiger partial charge on any atom is 0.170 e. The van der Waals surface area contributed by atoms with Gasteiger partial charge in [-0.05, 0) is 49.8 Å². The minimum absolute atomic E-state index is 0.0913. The Bertz CT molecular complexity index is 680. The van der Waals surface area contributed by atoms with E-state index in [1.807, 2.05) is 18.3 Å². The first-order valence-electron chi connectivity index (χ1n) is 8.23. The molecule has 0 amide bonds. The summed E-state index contributed by atoms with van der Waals surface area (Å²) in [6.07, 6.45) is 4.14. The highest BCUT2D eigenvalue weighted by Gasteiger charge is 2.40. The molecule has 1 fully saturated rings. The molecule has 1 aliphatic rings. The molecule has 1 aliphatic heterocycles. The molecule has 0 aromatic carbocycles. The van der Waals surface area contributed by atoms with E-state index in [-0.39, 0.29) is 12.1 Å². The summed E-state index contributed by atoms with van der Waals surface area (Å²) < 4.78 is 2.26. The molecule has 23 heavy (non-hydrogen) atoms. The standard InChI is InChI=1S/C18H24N4S/c1-4-5-12-22-17(15-10-9-13(2)21(15)3)16(20-18(22)23)14-8-6-7-11-19-14/h6-11,16-17H,4-5,12H2,1-3H3,(H,20,23)/t16-,17-/m0/s1. The lowest BCUT2D eigenvalue weighted by atomic mass is 10.0. The van der Waals surface area contributed by atoms with Crippen LogP contribution in [-0.2, 0) is 7.05 Å². The maximum absolute atomic E-state index is 5.64. The van der Waals surface area contributed by atoms with Crippen molar-refractivity contribution in [3.63, 3.8) is 0 Å². The number of aryl methyl sites for hydroxylation is 1. The molecular formula is C18H24N4S. The van der Waals surface area contributed by atoms with Crippen molar-refractivity contribution in [1.82, 2.24) is 19.8 Å². The van der Waals surface area contributed by atoms with E-state index in [4.69, 9.17) is 12.2 Å². The van der Waals surface area contributed by atoms with Crippen LogP contribution in [0.25, 0.3) is 0 Å². The van der Waals surface area contributed by atoms with Gasteiger partial charge in [0.15, 0.2) is 5.11 Å². The molecule has 1 saturated heterocycles. The number of pyridine rings is 1. The molecule has 2 aromatic rings. The van der Waals surface area contributed by atoms with E-state index in [2.05, 4.69) is 58.9 Å². The van der Waals surface area contributed by atoms with E-state index in [0.717, 1.165) is 30.2 Å². The van der Waals surface area contributed by atoms with Crippen LogP contribution in [0.1, 0.15) is 48.9 Å². The van der Waals surface area contributed by atoms with E-state index in [1.165, 1.54) is 11.4 Å². The third-order valence-corrected chi connectivity index (χ3v) is 5.02. The molecule has 3 heterocycles. The van der Waals surface area contributed by atoms with Crippen LogP contribution < -0.4 is 5.32 Å². The Morgan fingerprint density at radius 3 is 2.70 bits per heavy atom. The number of unbranched alkanes of at least 4 members (excludes halogenated alkanes) is 1. The fraction of sp³-hybridized carbons (Fsp3) is 0.444. The van der Waals surface area contributed by atoms with Crippen molar-refractivity contribution in [1.29, 1.82) is 0 Å². The summed E-state index contributed by atoms with van der Waals surface area (Å²) in [5.41, 5.74) is 3.58. The first kappa shape index (κ1) is 16.0. The second-order valence-electron chi connectivity index (χ2n) is 6.13. The van der Waals surface area contributed by atoms with Gasteiger partial charge in [0.1, 0.15) is 0 Å². The minimum atomic E-state index is 0.0913. The quantitative estimate of drug-likeness (QED) is 0.852. The average molecular weight is 328 g/mol. The van der Waals surface area contributed by atoms with Gasteiger partial charge in [-0.2, -0.15) is 0 Å². The lowest BCUT2D eigenvalue weighted by molar-refractivity contribution is 0.301. The second-order valence-corrected chi connectivity index (χ2v) is 6.52. The number of hydrogen-bond donors (Lipinski definition) is 1. The molecular weight excluding hydrogens is 304 g/mol. The molecule has 2 atom stereocenters. The second kappa shape index (κ2) is 6.71. The normalized spacial score (nSPS) is 20.8. The van der Waals surface area contributed by atoms with E-state index in [0.29, 0.717) is 0 Å². The largest absolute Gasteiger partial charge is 0.352 e. The molecule has 2 aromatic heterocycles. The fourth-order valence-electron chi connectivity index (χ4n) is 3.23. The average Bonchev–Trinajstić information content (AvgIpc) is 3.06. The predicted octanol–water partition coefficient (Wildman–Crippen LogP) is 3.50. The van der Waals surface area contributed by atoms with Crippen LogP contribution in [0.5, 0.6) is 0 Å². The van der Waals surface area contributed by atoms with Crippen molar-refractivity contribution < 1.29 is 0 Å². The van der Waals surface area contributed by atoms with Crippen molar-refractivity contribution in [2.24, 2.45) is 7.05 Å². The monoisotopic (exact) mass is 328 g/mol. The Labute approximate surface area is 143 Å². The Kier molecular flexibility index (Phi) is 4.66. The Morgan fingerprint density at radius 2 is 2.09 bits per heavy atom. The fourth-order valence-corrected chi connectivity index (χ4v) is 3.56. The van der Waals surface area contributed by atoms with Crippen molar-refractivity contribution in [2.75, 3.05) is 6.54 Å². The van der Waals surface area contributed by atoms with Crippen LogP contribution in [-0.4, -0.2) is 26.1 Å². The Balaban J connectivity index is 2.01. The van der Waals surface area contributed by atoms with Crippen LogP contribution in [0.3, 0.4) is 0 Å². The number of aromatic nitrogens is 2. The van der Waals surface area contributed by atoms with Crippen LogP contribution >= 0.6 is 12.2 Å². The van der Waals surface area contributed by atoms with Gasteiger partial charge in [-0.3, -0.25) is 4.98 Å². The molecule has 0 saturated carbocycles. The highest BCUT2D eigenvalue weighted by Crippen LogP contribution is 2.38. The van der Waals surface area contributed by atoms with Crippen molar-refractivity contribution in [3.05, 3.63) is 53.6 Å². The number of nitrogens with zero attached hydrogens (tertiary/aromatic N) is 3. The van der Waals surface area contributed by atoms with Gasteiger partial charge in [-0.25, -0.2) is 0 Å². The number of hydrogen-bond acceptors (Lipinski definition) is 2. The molecule has 122 valence electrons. The molecule has 0 radical (unpaired) electrons. The smallest absolute Gasteiger partial charge is 0.170 e. The summed E-state index contributed by atoms with van der Waals surface area (Å²) in [6.45, 7) is 5.32. The highest BCUT2D eigenvalue weighted by molar-refractivity contribution is 7.80. The molecule has 3 rings (SSSR count). The summed E-state index contributed by atoms with van der Waals surface area (Å²) in [5, 5.41) is 4.33. The number of nitrogens with one attached hydrogen (secondary N) is 1. The molecule has 0 spiro atoms. The predicted molar refractivity (Wildman–Crippen MR) is 97.2 cm³/mol. The van der Waals surface area contributed by atoms with Gasteiger partial charge in [-0.1, -0.05) is 19.4 Å². The minimum Gasteiger partial charge on any atom is -0.352 e. The highest BCUT2D eigenvalue weighted by atomic mass is 32.1. The Morgan fingerprint density at radius 1 is 1.26 bits per heavy atom. The van der Waals surface area contributed by atoms with Crippen molar-refractivity contribution >= 4 is 17.3 Å². The third kappa shape index (κ3) is 2.98. The van der Waals surface area contributed by atoms with Gasteiger partial charge >= 0.3 is 0 Å². The summed E-state index contributed by atoms with van der Waals surface area (Å²) in [5.74, 6) is 0. The van der Waals surface area contributed by atoms with Crippen molar-refractivity contribution in [3.8, 4) is 0 Å². The van der Waals surface area contributed by atoms with Gasteiger partial charge in [-0.15, -0.1) is 0 Å². The van der Waals surface area contributed by atoms with Gasteiger partial charge in [0, 0.05) is 31.2 Å². The summed E-state index contributed by atoms with van der Waals surface area (Å²) in [4.78, 5) is 6.89. The summed E-state index contributed by atoms with van der Waals surface area (Å²) in [6, 6.07) is 10.7. The van der Waals surface area contributed by atoms with Crippen LogP contribution in [0.4, 0.5) is 0 Å². The van der Waals surface area contributed by atoms with Crippen molar-refractivity contribution in [2.45, 2.75) is 38.8 Å². The van der Waals surface area contributed by atoms with Gasteiger partial charge in [0.25, 0.3) is 0 Å². The maximum atomic E-state index is 5.64. The first-order chi connectivity index (χ1) is 11.1. The summed E-state index contributed by atoms with van der Waals surface area (Å²) >= 11 is 5.64. The topological polar surface area (TPSA) is 33.1 Å². The lowest BCUT2D eigenvalue weighted by Gasteiger charge is -2.28. The van der Waals surface area contributed by atoms with E-state index in [1.54, 1.807) is 0 Å². The van der Waals surface area contributed by atoms with Gasteiger partial charge in [0.2, 0.25) is 0 Å². The van der Waals surface area contributed by atoms with Gasteiger partial charge < -0.3 is 14.8 Å². The van der Waals surface area contributed by atoms with E-state index in [9.17, 15) is 0 Å². The first-order valence-corrected chi connectivity index (χ1v) is 8.64. The summed E-state index contributed by atoms with van der Waals surface area (Å²) in [7, 11) is 2.12. The molecule has 5 heteroatoms. The van der Waals surface area contributed by atoms with Crippen LogP contribution in [0.15, 0.2) is 36.5 Å². The lowest BCUT2D eigenvalue weighted by Crippen LogP contribution is -2.31.